The Bertz CT molecular complexity index is 969. The number of nitrogens with zero attached hydrogens (tertiary/aromatic N) is 4. The van der Waals surface area contributed by atoms with E-state index in [1.54, 1.807) is 17.0 Å². The van der Waals surface area contributed by atoms with Gasteiger partial charge in [0.15, 0.2) is 24.8 Å². The summed E-state index contributed by atoms with van der Waals surface area (Å²) in [6.07, 6.45) is 7.36. The number of hydrogen-bond acceptors (Lipinski definition) is 4. The fourth-order valence-electron chi connectivity index (χ4n) is 2.63. The molecule has 8 heteroatoms. The molecule has 130 valence electrons. The Morgan fingerprint density at radius 2 is 1.42 bits per heavy atom. The second-order valence-electron chi connectivity index (χ2n) is 5.60. The topological polar surface area (TPSA) is 94.0 Å². The molecule has 0 bridgehead atoms. The Hall–Kier alpha value is -3.68. The molecule has 0 unspecified atom stereocenters. The van der Waals surface area contributed by atoms with Crippen molar-refractivity contribution in [1.29, 1.82) is 0 Å². The van der Waals surface area contributed by atoms with Gasteiger partial charge >= 0.3 is 5.69 Å². The van der Waals surface area contributed by atoms with E-state index in [2.05, 4.69) is 6.92 Å². The largest absolute Gasteiger partial charge is 0.347 e. The standard InChI is InChI=1S/C18H16N4O4/c1-2-19-9-5-14(6-10-19)15-7-11-20(12-8-15)17-4-3-16(21(23)24)13-18(17)22(25)26/h3-13H,2H2,1H3/q+2. The van der Waals surface area contributed by atoms with Gasteiger partial charge in [-0.3, -0.25) is 20.2 Å². The summed E-state index contributed by atoms with van der Waals surface area (Å²) in [4.78, 5) is 20.9. The summed E-state index contributed by atoms with van der Waals surface area (Å²) in [5, 5.41) is 22.1. The van der Waals surface area contributed by atoms with Crippen LogP contribution in [0, 0.1) is 20.2 Å². The summed E-state index contributed by atoms with van der Waals surface area (Å²) < 4.78 is 3.62. The quantitative estimate of drug-likeness (QED) is 0.401. The third kappa shape index (κ3) is 3.39. The maximum Gasteiger partial charge on any atom is 0.347 e. The first-order valence-corrected chi connectivity index (χ1v) is 7.93. The number of nitro groups is 2. The van der Waals surface area contributed by atoms with Crippen molar-refractivity contribution in [2.75, 3.05) is 0 Å². The summed E-state index contributed by atoms with van der Waals surface area (Å²) in [6.45, 7) is 2.95. The van der Waals surface area contributed by atoms with Crippen molar-refractivity contribution in [2.24, 2.45) is 0 Å². The minimum absolute atomic E-state index is 0.268. The zero-order valence-corrected chi connectivity index (χ0v) is 14.0. The van der Waals surface area contributed by atoms with Crippen LogP contribution < -0.4 is 9.13 Å². The molecular formula is C18H16N4O4+2. The van der Waals surface area contributed by atoms with Gasteiger partial charge in [-0.2, -0.15) is 4.57 Å². The molecule has 0 aliphatic carbocycles. The van der Waals surface area contributed by atoms with E-state index in [4.69, 9.17) is 0 Å². The minimum Gasteiger partial charge on any atom is -0.258 e. The Morgan fingerprint density at radius 3 is 1.92 bits per heavy atom. The average molecular weight is 352 g/mol. The van der Waals surface area contributed by atoms with Gasteiger partial charge < -0.3 is 0 Å². The Labute approximate surface area is 148 Å². The summed E-state index contributed by atoms with van der Waals surface area (Å²) >= 11 is 0. The molecule has 0 amide bonds. The Morgan fingerprint density at radius 1 is 0.846 bits per heavy atom. The van der Waals surface area contributed by atoms with Gasteiger partial charge in [-0.15, -0.1) is 0 Å². The number of aryl methyl sites for hydroxylation is 1. The van der Waals surface area contributed by atoms with E-state index in [9.17, 15) is 20.2 Å². The molecule has 3 aromatic rings. The highest BCUT2D eigenvalue weighted by atomic mass is 16.6. The minimum atomic E-state index is -0.650. The van der Waals surface area contributed by atoms with E-state index in [1.807, 2.05) is 41.2 Å². The summed E-state index contributed by atoms with van der Waals surface area (Å²) in [5.41, 5.74) is 1.63. The lowest BCUT2D eigenvalue weighted by molar-refractivity contribution is -0.693. The van der Waals surface area contributed by atoms with Crippen LogP contribution in [0.15, 0.2) is 67.3 Å². The molecule has 1 aromatic carbocycles. The Balaban J connectivity index is 1.97. The van der Waals surface area contributed by atoms with Crippen LogP contribution in [0.25, 0.3) is 16.8 Å². The number of non-ortho nitro benzene ring substituents is 1. The monoisotopic (exact) mass is 352 g/mol. The molecule has 2 aromatic heterocycles. The van der Waals surface area contributed by atoms with Crippen LogP contribution in [0.3, 0.4) is 0 Å². The van der Waals surface area contributed by atoms with Crippen LogP contribution in [0.4, 0.5) is 11.4 Å². The molecule has 0 saturated carbocycles. The number of aromatic nitrogens is 2. The predicted octanol–water partition coefficient (Wildman–Crippen LogP) is 2.75. The first kappa shape index (κ1) is 17.2. The lowest BCUT2D eigenvalue weighted by Crippen LogP contribution is -2.31. The fourth-order valence-corrected chi connectivity index (χ4v) is 2.63. The first-order chi connectivity index (χ1) is 12.5. The van der Waals surface area contributed by atoms with Gasteiger partial charge in [0.1, 0.15) is 12.6 Å². The van der Waals surface area contributed by atoms with Gasteiger partial charge in [-0.1, -0.05) is 0 Å². The van der Waals surface area contributed by atoms with Gasteiger partial charge in [0, 0.05) is 36.4 Å². The van der Waals surface area contributed by atoms with Crippen molar-refractivity contribution >= 4 is 11.4 Å². The molecular weight excluding hydrogens is 336 g/mol. The van der Waals surface area contributed by atoms with E-state index < -0.39 is 9.85 Å². The molecule has 0 radical (unpaired) electrons. The maximum atomic E-state index is 11.3. The van der Waals surface area contributed by atoms with Crippen LogP contribution in [0.1, 0.15) is 6.92 Å². The van der Waals surface area contributed by atoms with Gasteiger partial charge in [0.25, 0.3) is 11.4 Å². The van der Waals surface area contributed by atoms with Crippen molar-refractivity contribution < 1.29 is 19.0 Å². The normalized spacial score (nSPS) is 10.5. The van der Waals surface area contributed by atoms with E-state index in [-0.39, 0.29) is 17.1 Å². The van der Waals surface area contributed by atoms with Crippen molar-refractivity contribution in [3.05, 3.63) is 87.5 Å². The van der Waals surface area contributed by atoms with Gasteiger partial charge in [0.05, 0.1) is 9.85 Å². The molecule has 0 N–H and O–H groups in total. The summed E-state index contributed by atoms with van der Waals surface area (Å²) in [6, 6.07) is 11.3. The number of benzene rings is 1. The number of rotatable bonds is 5. The average Bonchev–Trinajstić information content (AvgIpc) is 2.67. The van der Waals surface area contributed by atoms with Crippen molar-refractivity contribution in [3.63, 3.8) is 0 Å². The number of nitro benzene ring substituents is 2. The summed E-state index contributed by atoms with van der Waals surface area (Å²) in [7, 11) is 0. The molecule has 8 nitrogen and oxygen atoms in total. The van der Waals surface area contributed by atoms with Gasteiger partial charge in [-0.25, -0.2) is 4.57 Å². The highest BCUT2D eigenvalue weighted by molar-refractivity contribution is 5.61. The number of hydrogen-bond donors (Lipinski definition) is 0. The van der Waals surface area contributed by atoms with Gasteiger partial charge in [-0.05, 0) is 18.1 Å². The van der Waals surface area contributed by atoms with Crippen molar-refractivity contribution in [2.45, 2.75) is 13.5 Å². The van der Waals surface area contributed by atoms with Crippen LogP contribution in [0.2, 0.25) is 0 Å². The highest BCUT2D eigenvalue weighted by Gasteiger charge is 2.26. The molecule has 0 atom stereocenters. The second-order valence-corrected chi connectivity index (χ2v) is 5.60. The number of pyridine rings is 2. The lowest BCUT2D eigenvalue weighted by Gasteiger charge is -2.01. The Kier molecular flexibility index (Phi) is 4.66. The third-order valence-electron chi connectivity index (χ3n) is 4.06. The first-order valence-electron chi connectivity index (χ1n) is 7.93. The lowest BCUT2D eigenvalue weighted by atomic mass is 10.1. The predicted molar refractivity (Wildman–Crippen MR) is 92.6 cm³/mol. The third-order valence-corrected chi connectivity index (χ3v) is 4.06. The van der Waals surface area contributed by atoms with E-state index in [0.29, 0.717) is 0 Å². The van der Waals surface area contributed by atoms with Crippen LogP contribution >= 0.6 is 0 Å². The van der Waals surface area contributed by atoms with E-state index in [0.717, 1.165) is 23.7 Å². The highest BCUT2D eigenvalue weighted by Crippen LogP contribution is 2.25. The SMILES string of the molecule is CC[n+]1ccc(-c2cc[n+](-c3ccc([N+](=O)[O-])cc3[N+](=O)[O-])cc2)cc1. The molecule has 0 aliphatic heterocycles. The van der Waals surface area contributed by atoms with E-state index in [1.165, 1.54) is 12.1 Å². The smallest absolute Gasteiger partial charge is 0.258 e. The molecule has 0 saturated heterocycles. The molecule has 0 fully saturated rings. The zero-order chi connectivity index (χ0) is 18.7. The van der Waals surface area contributed by atoms with Crippen molar-refractivity contribution in [1.82, 2.24) is 0 Å². The van der Waals surface area contributed by atoms with Crippen LogP contribution in [-0.4, -0.2) is 9.85 Å². The molecule has 0 spiro atoms. The fraction of sp³-hybridized carbons (Fsp3) is 0.111. The zero-order valence-electron chi connectivity index (χ0n) is 14.0. The van der Waals surface area contributed by atoms with Gasteiger partial charge in [0.2, 0.25) is 0 Å². The maximum absolute atomic E-state index is 11.3. The molecule has 2 heterocycles. The van der Waals surface area contributed by atoms with E-state index >= 15 is 0 Å². The molecule has 3 rings (SSSR count). The molecule has 26 heavy (non-hydrogen) atoms. The summed E-state index contributed by atoms with van der Waals surface area (Å²) in [5.74, 6) is 0. The van der Waals surface area contributed by atoms with Crippen LogP contribution in [0.5, 0.6) is 0 Å². The second kappa shape index (κ2) is 7.06. The molecule has 0 aliphatic rings. The van der Waals surface area contributed by atoms with Crippen LogP contribution in [-0.2, 0) is 6.54 Å². The van der Waals surface area contributed by atoms with Crippen molar-refractivity contribution in [3.8, 4) is 16.8 Å².